The van der Waals surface area contributed by atoms with E-state index in [0.29, 0.717) is 18.9 Å². The Kier molecular flexibility index (Phi) is 3.69. The molecule has 0 aliphatic carbocycles. The van der Waals surface area contributed by atoms with Crippen molar-refractivity contribution in [3.8, 4) is 0 Å². The van der Waals surface area contributed by atoms with Crippen LogP contribution in [0.25, 0.3) is 0 Å². The fraction of sp³-hybridized carbons (Fsp3) is 0.615. The van der Waals surface area contributed by atoms with Crippen LogP contribution in [0.2, 0.25) is 0 Å². The number of carbonyl (C=O) groups excluding carboxylic acids is 2. The van der Waals surface area contributed by atoms with Crippen LogP contribution in [0.15, 0.2) is 12.5 Å². The van der Waals surface area contributed by atoms with E-state index in [4.69, 9.17) is 4.74 Å². The molecule has 1 aromatic heterocycles. The minimum Gasteiger partial charge on any atom is -0.444 e. The summed E-state index contributed by atoms with van der Waals surface area (Å²) in [6, 6.07) is 0. The lowest BCUT2D eigenvalue weighted by Gasteiger charge is -2.34. The Bertz CT molecular complexity index is 518. The van der Waals surface area contributed by atoms with Crippen molar-refractivity contribution in [1.82, 2.24) is 14.5 Å². The number of aromatic nitrogens is 2. The van der Waals surface area contributed by atoms with E-state index >= 15 is 0 Å². The third kappa shape index (κ3) is 3.28. The smallest absolute Gasteiger partial charge is 0.410 e. The van der Waals surface area contributed by atoms with E-state index in [9.17, 15) is 9.59 Å². The first-order valence-corrected chi connectivity index (χ1v) is 6.52. The Morgan fingerprint density at radius 2 is 2.05 bits per heavy atom. The second kappa shape index (κ2) is 5.15. The highest BCUT2D eigenvalue weighted by Gasteiger charge is 2.31. The third-order valence-electron chi connectivity index (χ3n) is 2.84. The van der Waals surface area contributed by atoms with E-state index in [1.165, 1.54) is 4.90 Å². The third-order valence-corrected chi connectivity index (χ3v) is 2.84. The SMILES string of the molecule is Cn1cnc(N2CCN(C(=O)OC(C)(C)C)CC2=O)c1. The first-order valence-electron chi connectivity index (χ1n) is 6.52. The van der Waals surface area contributed by atoms with Gasteiger partial charge in [0.2, 0.25) is 5.91 Å². The van der Waals surface area contributed by atoms with Gasteiger partial charge in [0.25, 0.3) is 0 Å². The van der Waals surface area contributed by atoms with Crippen LogP contribution in [-0.2, 0) is 16.6 Å². The number of hydrogen-bond acceptors (Lipinski definition) is 4. The van der Waals surface area contributed by atoms with E-state index < -0.39 is 11.7 Å². The maximum absolute atomic E-state index is 12.1. The zero-order valence-corrected chi connectivity index (χ0v) is 12.3. The van der Waals surface area contributed by atoms with Gasteiger partial charge in [0.1, 0.15) is 12.1 Å². The first kappa shape index (κ1) is 14.4. The number of piperazine rings is 1. The molecule has 1 aliphatic rings. The Morgan fingerprint density at radius 1 is 1.35 bits per heavy atom. The average molecular weight is 280 g/mol. The van der Waals surface area contributed by atoms with E-state index in [2.05, 4.69) is 4.98 Å². The molecule has 7 heteroatoms. The summed E-state index contributed by atoms with van der Waals surface area (Å²) in [5.74, 6) is 0.460. The van der Waals surface area contributed by atoms with Gasteiger partial charge in [0.05, 0.1) is 6.33 Å². The summed E-state index contributed by atoms with van der Waals surface area (Å²) < 4.78 is 7.05. The van der Waals surface area contributed by atoms with Gasteiger partial charge in [-0.2, -0.15) is 0 Å². The molecule has 1 fully saturated rings. The molecule has 2 heterocycles. The van der Waals surface area contributed by atoms with Crippen molar-refractivity contribution >= 4 is 17.8 Å². The monoisotopic (exact) mass is 280 g/mol. The molecule has 0 unspecified atom stereocenters. The van der Waals surface area contributed by atoms with Crippen LogP contribution < -0.4 is 4.90 Å². The number of anilines is 1. The Balaban J connectivity index is 1.99. The number of hydrogen-bond donors (Lipinski definition) is 0. The van der Waals surface area contributed by atoms with Crippen molar-refractivity contribution in [2.24, 2.45) is 7.05 Å². The molecule has 1 saturated heterocycles. The Morgan fingerprint density at radius 3 is 2.55 bits per heavy atom. The molecule has 0 bridgehead atoms. The number of ether oxygens (including phenoxy) is 1. The standard InChI is InChI=1S/C13H20N4O3/c1-13(2,3)20-12(19)16-5-6-17(11(18)8-16)10-7-15(4)9-14-10/h7,9H,5-6,8H2,1-4H3. The fourth-order valence-electron chi connectivity index (χ4n) is 1.94. The molecule has 2 amide bonds. The summed E-state index contributed by atoms with van der Waals surface area (Å²) in [5, 5.41) is 0. The van der Waals surface area contributed by atoms with Crippen LogP contribution in [0.3, 0.4) is 0 Å². The average Bonchev–Trinajstić information content (AvgIpc) is 2.73. The van der Waals surface area contributed by atoms with Crippen molar-refractivity contribution in [3.05, 3.63) is 12.5 Å². The van der Waals surface area contributed by atoms with Gasteiger partial charge in [-0.05, 0) is 20.8 Å². The van der Waals surface area contributed by atoms with Gasteiger partial charge in [-0.25, -0.2) is 9.78 Å². The lowest BCUT2D eigenvalue weighted by atomic mass is 10.2. The first-order chi connectivity index (χ1) is 9.26. The summed E-state index contributed by atoms with van der Waals surface area (Å²) >= 11 is 0. The summed E-state index contributed by atoms with van der Waals surface area (Å²) in [4.78, 5) is 31.2. The summed E-state index contributed by atoms with van der Waals surface area (Å²) in [5.41, 5.74) is -0.557. The maximum atomic E-state index is 12.1. The fourth-order valence-corrected chi connectivity index (χ4v) is 1.94. The zero-order chi connectivity index (χ0) is 14.9. The molecule has 0 radical (unpaired) electrons. The molecule has 0 aromatic carbocycles. The number of aryl methyl sites for hydroxylation is 1. The van der Waals surface area contributed by atoms with Gasteiger partial charge in [0, 0.05) is 26.3 Å². The molecular formula is C13H20N4O3. The van der Waals surface area contributed by atoms with Crippen molar-refractivity contribution in [1.29, 1.82) is 0 Å². The summed E-state index contributed by atoms with van der Waals surface area (Å²) in [6.45, 7) is 6.29. The van der Waals surface area contributed by atoms with Crippen LogP contribution in [-0.4, -0.2) is 51.7 Å². The predicted molar refractivity (Wildman–Crippen MR) is 73.4 cm³/mol. The van der Waals surface area contributed by atoms with Crippen molar-refractivity contribution in [2.75, 3.05) is 24.5 Å². The van der Waals surface area contributed by atoms with Gasteiger partial charge in [0.15, 0.2) is 5.82 Å². The molecule has 0 N–H and O–H groups in total. The minimum atomic E-state index is -0.557. The molecule has 1 aliphatic heterocycles. The lowest BCUT2D eigenvalue weighted by molar-refractivity contribution is -0.121. The highest BCUT2D eigenvalue weighted by atomic mass is 16.6. The highest BCUT2D eigenvalue weighted by molar-refractivity contribution is 5.96. The summed E-state index contributed by atoms with van der Waals surface area (Å²) in [6.07, 6.45) is 2.97. The number of nitrogens with zero attached hydrogens (tertiary/aromatic N) is 4. The van der Waals surface area contributed by atoms with Crippen molar-refractivity contribution in [3.63, 3.8) is 0 Å². The summed E-state index contributed by atoms with van der Waals surface area (Å²) in [7, 11) is 1.85. The molecule has 7 nitrogen and oxygen atoms in total. The van der Waals surface area contributed by atoms with Crippen molar-refractivity contribution in [2.45, 2.75) is 26.4 Å². The second-order valence-electron chi connectivity index (χ2n) is 5.84. The number of rotatable bonds is 1. The quantitative estimate of drug-likeness (QED) is 0.769. The van der Waals surface area contributed by atoms with E-state index in [1.807, 2.05) is 7.05 Å². The van der Waals surface area contributed by atoms with Gasteiger partial charge in [-0.1, -0.05) is 0 Å². The van der Waals surface area contributed by atoms with Crippen LogP contribution >= 0.6 is 0 Å². The molecule has 0 saturated carbocycles. The normalized spacial score (nSPS) is 16.5. The molecule has 0 atom stereocenters. The highest BCUT2D eigenvalue weighted by Crippen LogP contribution is 2.16. The van der Waals surface area contributed by atoms with E-state index in [0.717, 1.165) is 0 Å². The van der Waals surface area contributed by atoms with Crippen LogP contribution in [0.1, 0.15) is 20.8 Å². The van der Waals surface area contributed by atoms with Crippen LogP contribution in [0.5, 0.6) is 0 Å². The zero-order valence-electron chi connectivity index (χ0n) is 12.3. The molecule has 2 rings (SSSR count). The number of amides is 2. The Labute approximate surface area is 118 Å². The molecule has 1 aromatic rings. The maximum Gasteiger partial charge on any atom is 0.410 e. The minimum absolute atomic E-state index is 0.0193. The van der Waals surface area contributed by atoms with Gasteiger partial charge < -0.3 is 9.30 Å². The number of carbonyl (C=O) groups is 2. The van der Waals surface area contributed by atoms with Crippen LogP contribution in [0.4, 0.5) is 10.6 Å². The predicted octanol–water partition coefficient (Wildman–Crippen LogP) is 1.00. The second-order valence-corrected chi connectivity index (χ2v) is 5.84. The van der Waals surface area contributed by atoms with Crippen LogP contribution in [0, 0.1) is 0 Å². The topological polar surface area (TPSA) is 67.7 Å². The largest absolute Gasteiger partial charge is 0.444 e. The van der Waals surface area contributed by atoms with E-state index in [1.54, 1.807) is 42.8 Å². The van der Waals surface area contributed by atoms with Gasteiger partial charge in [-0.3, -0.25) is 14.6 Å². The number of imidazole rings is 1. The molecular weight excluding hydrogens is 260 g/mol. The molecule has 20 heavy (non-hydrogen) atoms. The Hall–Kier alpha value is -2.05. The van der Waals surface area contributed by atoms with Gasteiger partial charge >= 0.3 is 6.09 Å². The molecule has 0 spiro atoms. The van der Waals surface area contributed by atoms with E-state index in [-0.39, 0.29) is 12.5 Å². The lowest BCUT2D eigenvalue weighted by Crippen LogP contribution is -2.53. The molecule has 110 valence electrons. The van der Waals surface area contributed by atoms with Crippen molar-refractivity contribution < 1.29 is 14.3 Å². The van der Waals surface area contributed by atoms with Gasteiger partial charge in [-0.15, -0.1) is 0 Å².